The first-order chi connectivity index (χ1) is 14.2. The fraction of sp³-hybridized carbons (Fsp3) is 0.0833. The molecule has 0 bridgehead atoms. The summed E-state index contributed by atoms with van der Waals surface area (Å²) in [4.78, 5) is 12.9. The first kappa shape index (κ1) is 18.5. The average molecular weight is 382 g/mol. The number of hydrogen-bond acceptors (Lipinski definition) is 3. The Kier molecular flexibility index (Phi) is 5.38. The Morgan fingerprint density at radius 2 is 1.48 bits per heavy atom. The molecule has 0 fully saturated rings. The summed E-state index contributed by atoms with van der Waals surface area (Å²) in [5.41, 5.74) is 4.10. The smallest absolute Gasteiger partial charge is 0.280 e. The molecule has 5 nitrogen and oxygen atoms in total. The van der Waals surface area contributed by atoms with Crippen LogP contribution in [0.3, 0.4) is 0 Å². The molecule has 0 radical (unpaired) electrons. The van der Waals surface area contributed by atoms with Crippen molar-refractivity contribution in [2.45, 2.75) is 13.5 Å². The first-order valence-corrected chi connectivity index (χ1v) is 9.50. The molecule has 0 atom stereocenters. The summed E-state index contributed by atoms with van der Waals surface area (Å²) < 4.78 is 1.54. The predicted octanol–water partition coefficient (Wildman–Crippen LogP) is 4.51. The molecule has 5 heteroatoms. The Labute approximate surface area is 169 Å². The molecule has 29 heavy (non-hydrogen) atoms. The second-order valence-electron chi connectivity index (χ2n) is 6.75. The SMILES string of the molecule is Cc1[nH]n(-c2ccccc2)c(=O)c1/C=N/N(Cc1ccccc1)c1ccccc1. The van der Waals surface area contributed by atoms with Crippen LogP contribution >= 0.6 is 0 Å². The van der Waals surface area contributed by atoms with Crippen molar-refractivity contribution in [1.29, 1.82) is 0 Å². The van der Waals surface area contributed by atoms with E-state index in [2.05, 4.69) is 22.3 Å². The molecule has 0 spiro atoms. The van der Waals surface area contributed by atoms with Crippen molar-refractivity contribution in [1.82, 2.24) is 9.78 Å². The van der Waals surface area contributed by atoms with E-state index < -0.39 is 0 Å². The topological polar surface area (TPSA) is 53.4 Å². The minimum absolute atomic E-state index is 0.120. The van der Waals surface area contributed by atoms with Crippen LogP contribution in [0.2, 0.25) is 0 Å². The van der Waals surface area contributed by atoms with Gasteiger partial charge in [-0.2, -0.15) is 5.10 Å². The van der Waals surface area contributed by atoms with Crippen molar-refractivity contribution in [3.05, 3.63) is 118 Å². The number of nitrogens with zero attached hydrogens (tertiary/aromatic N) is 3. The Hall–Kier alpha value is -3.86. The lowest BCUT2D eigenvalue weighted by molar-refractivity contribution is 0.835. The van der Waals surface area contributed by atoms with Gasteiger partial charge in [0.2, 0.25) is 0 Å². The van der Waals surface area contributed by atoms with Gasteiger partial charge in [-0.25, -0.2) is 4.68 Å². The summed E-state index contributed by atoms with van der Waals surface area (Å²) in [6.45, 7) is 2.49. The van der Waals surface area contributed by atoms with E-state index in [9.17, 15) is 4.79 Å². The van der Waals surface area contributed by atoms with E-state index in [1.807, 2.05) is 90.8 Å². The summed E-state index contributed by atoms with van der Waals surface area (Å²) >= 11 is 0. The van der Waals surface area contributed by atoms with Gasteiger partial charge in [-0.1, -0.05) is 66.7 Å². The number of nitrogens with one attached hydrogen (secondary N) is 1. The van der Waals surface area contributed by atoms with Crippen molar-refractivity contribution in [3.8, 4) is 5.69 Å². The quantitative estimate of drug-likeness (QED) is 0.394. The molecule has 1 N–H and O–H groups in total. The van der Waals surface area contributed by atoms with Gasteiger partial charge in [0.15, 0.2) is 0 Å². The second kappa shape index (κ2) is 8.44. The highest BCUT2D eigenvalue weighted by atomic mass is 16.1. The minimum atomic E-state index is -0.120. The standard InChI is InChI=1S/C24H22N4O/c1-19-23(24(29)28(26-19)22-15-9-4-10-16-22)17-25-27(21-13-7-3-8-14-21)18-20-11-5-2-6-12-20/h2-17,26H,18H2,1H3/b25-17+. The third kappa shape index (κ3) is 4.19. The highest BCUT2D eigenvalue weighted by Crippen LogP contribution is 2.17. The second-order valence-corrected chi connectivity index (χ2v) is 6.75. The lowest BCUT2D eigenvalue weighted by Gasteiger charge is -2.19. The predicted molar refractivity (Wildman–Crippen MR) is 118 cm³/mol. The van der Waals surface area contributed by atoms with Crippen molar-refractivity contribution in [2.75, 3.05) is 5.01 Å². The monoisotopic (exact) mass is 382 g/mol. The molecule has 0 saturated carbocycles. The molecule has 0 aliphatic heterocycles. The Balaban J connectivity index is 1.68. The summed E-state index contributed by atoms with van der Waals surface area (Å²) in [5, 5.41) is 9.70. The van der Waals surface area contributed by atoms with Gasteiger partial charge in [0.1, 0.15) is 0 Å². The molecule has 4 aromatic rings. The molecular weight excluding hydrogens is 360 g/mol. The van der Waals surface area contributed by atoms with Crippen LogP contribution in [0.25, 0.3) is 5.69 Å². The van der Waals surface area contributed by atoms with E-state index in [4.69, 9.17) is 0 Å². The van der Waals surface area contributed by atoms with Crippen LogP contribution in [0.15, 0.2) is 101 Å². The van der Waals surface area contributed by atoms with Crippen LogP contribution in [0.5, 0.6) is 0 Å². The van der Waals surface area contributed by atoms with E-state index in [-0.39, 0.29) is 5.56 Å². The summed E-state index contributed by atoms with van der Waals surface area (Å²) in [7, 11) is 0. The van der Waals surface area contributed by atoms with Gasteiger partial charge < -0.3 is 0 Å². The van der Waals surface area contributed by atoms with Gasteiger partial charge in [0.05, 0.1) is 29.7 Å². The van der Waals surface area contributed by atoms with Crippen LogP contribution in [-0.4, -0.2) is 16.0 Å². The molecule has 0 saturated heterocycles. The molecule has 0 aliphatic rings. The highest BCUT2D eigenvalue weighted by Gasteiger charge is 2.12. The van der Waals surface area contributed by atoms with Gasteiger partial charge in [-0.15, -0.1) is 0 Å². The summed E-state index contributed by atoms with van der Waals surface area (Å²) in [5.74, 6) is 0. The molecule has 1 aromatic heterocycles. The van der Waals surface area contributed by atoms with Gasteiger partial charge in [-0.3, -0.25) is 14.9 Å². The number of benzene rings is 3. The zero-order chi connectivity index (χ0) is 20.1. The molecule has 0 unspecified atom stereocenters. The van der Waals surface area contributed by atoms with Crippen molar-refractivity contribution >= 4 is 11.9 Å². The minimum Gasteiger partial charge on any atom is -0.295 e. The van der Waals surface area contributed by atoms with E-state index in [1.54, 1.807) is 10.9 Å². The molecule has 4 rings (SSSR count). The van der Waals surface area contributed by atoms with E-state index >= 15 is 0 Å². The van der Waals surface area contributed by atoms with Crippen LogP contribution in [-0.2, 0) is 6.54 Å². The van der Waals surface area contributed by atoms with Crippen molar-refractivity contribution < 1.29 is 0 Å². The van der Waals surface area contributed by atoms with Crippen LogP contribution in [0.4, 0.5) is 5.69 Å². The third-order valence-electron chi connectivity index (χ3n) is 4.69. The fourth-order valence-electron chi connectivity index (χ4n) is 3.15. The summed E-state index contributed by atoms with van der Waals surface area (Å²) in [6.07, 6.45) is 1.64. The number of hydrazone groups is 1. The Morgan fingerprint density at radius 1 is 0.897 bits per heavy atom. The number of aryl methyl sites for hydroxylation is 1. The van der Waals surface area contributed by atoms with Crippen LogP contribution in [0, 0.1) is 6.92 Å². The zero-order valence-corrected chi connectivity index (χ0v) is 16.2. The maximum atomic E-state index is 12.9. The maximum Gasteiger partial charge on any atom is 0.280 e. The maximum absolute atomic E-state index is 12.9. The van der Waals surface area contributed by atoms with E-state index in [1.165, 1.54) is 0 Å². The van der Waals surface area contributed by atoms with Gasteiger partial charge in [-0.05, 0) is 36.8 Å². The normalized spacial score (nSPS) is 11.1. The largest absolute Gasteiger partial charge is 0.295 e. The number of H-pyrrole nitrogens is 1. The number of anilines is 1. The molecule has 0 amide bonds. The highest BCUT2D eigenvalue weighted by molar-refractivity contribution is 5.81. The first-order valence-electron chi connectivity index (χ1n) is 9.50. The average Bonchev–Trinajstić information content (AvgIpc) is 3.06. The lowest BCUT2D eigenvalue weighted by Crippen LogP contribution is -2.19. The Morgan fingerprint density at radius 3 is 2.14 bits per heavy atom. The Bertz CT molecular complexity index is 1150. The molecule has 3 aromatic carbocycles. The molecule has 1 heterocycles. The summed E-state index contributed by atoms with van der Waals surface area (Å²) in [6, 6.07) is 29.6. The lowest BCUT2D eigenvalue weighted by atomic mass is 10.2. The third-order valence-corrected chi connectivity index (χ3v) is 4.69. The van der Waals surface area contributed by atoms with Crippen LogP contribution in [0.1, 0.15) is 16.8 Å². The fourth-order valence-corrected chi connectivity index (χ4v) is 3.15. The van der Waals surface area contributed by atoms with Gasteiger partial charge >= 0.3 is 0 Å². The number of aromatic amines is 1. The molecule has 0 aliphatic carbocycles. The number of aromatic nitrogens is 2. The molecule has 144 valence electrons. The number of para-hydroxylation sites is 2. The van der Waals surface area contributed by atoms with E-state index in [0.717, 1.165) is 22.6 Å². The number of hydrogen-bond donors (Lipinski definition) is 1. The van der Waals surface area contributed by atoms with Crippen molar-refractivity contribution in [3.63, 3.8) is 0 Å². The van der Waals surface area contributed by atoms with Gasteiger partial charge in [0, 0.05) is 5.69 Å². The van der Waals surface area contributed by atoms with Crippen LogP contribution < -0.4 is 10.6 Å². The van der Waals surface area contributed by atoms with Crippen molar-refractivity contribution in [2.24, 2.45) is 5.10 Å². The molecular formula is C24H22N4O. The van der Waals surface area contributed by atoms with Gasteiger partial charge in [0.25, 0.3) is 5.56 Å². The zero-order valence-electron chi connectivity index (χ0n) is 16.2. The van der Waals surface area contributed by atoms with E-state index in [0.29, 0.717) is 12.1 Å². The number of rotatable bonds is 6.